The van der Waals surface area contributed by atoms with E-state index in [9.17, 15) is 14.4 Å². The van der Waals surface area contributed by atoms with Gasteiger partial charge in [0.05, 0.1) is 13.1 Å². The normalized spacial score (nSPS) is 9.64. The van der Waals surface area contributed by atoms with E-state index in [0.29, 0.717) is 26.2 Å². The second-order valence-corrected chi connectivity index (χ2v) is 5.10. The van der Waals surface area contributed by atoms with Gasteiger partial charge >= 0.3 is 6.03 Å². The molecule has 0 aliphatic heterocycles. The van der Waals surface area contributed by atoms with Crippen LogP contribution in [0.1, 0.15) is 51.4 Å². The van der Waals surface area contributed by atoms with Gasteiger partial charge in [0.1, 0.15) is 0 Å². The van der Waals surface area contributed by atoms with Crippen LogP contribution in [-0.4, -0.2) is 49.3 Å². The van der Waals surface area contributed by atoms with Crippen LogP contribution in [0.15, 0.2) is 9.98 Å². The quantitative estimate of drug-likeness (QED) is 0.302. The van der Waals surface area contributed by atoms with Crippen molar-refractivity contribution >= 4 is 18.2 Å². The first-order valence-electron chi connectivity index (χ1n) is 7.84. The number of hydrogen-bond acceptors (Lipinski definition) is 5. The highest BCUT2D eigenvalue weighted by Gasteiger charge is 2.08. The molecule has 0 aromatic heterocycles. The summed E-state index contributed by atoms with van der Waals surface area (Å²) in [5.74, 6) is 0. The van der Waals surface area contributed by atoms with Crippen LogP contribution >= 0.6 is 0 Å². The third-order valence-corrected chi connectivity index (χ3v) is 3.34. The van der Waals surface area contributed by atoms with Gasteiger partial charge in [-0.1, -0.05) is 25.7 Å². The Kier molecular flexibility index (Phi) is 14.0. The van der Waals surface area contributed by atoms with E-state index in [0.717, 1.165) is 51.4 Å². The summed E-state index contributed by atoms with van der Waals surface area (Å²) in [6.45, 7) is 2.39. The molecule has 0 saturated heterocycles. The molecule has 0 aliphatic rings. The number of amides is 2. The number of carbonyl (C=O) groups excluding carboxylic acids is 3. The molecule has 0 radical (unpaired) electrons. The number of isocyanates is 2. The van der Waals surface area contributed by atoms with E-state index in [1.54, 1.807) is 4.90 Å². The number of carbonyl (C=O) groups is 1. The molecule has 2 N–H and O–H groups in total. The van der Waals surface area contributed by atoms with Crippen molar-refractivity contribution in [2.24, 2.45) is 15.7 Å². The summed E-state index contributed by atoms with van der Waals surface area (Å²) >= 11 is 0. The highest BCUT2D eigenvalue weighted by atomic mass is 16.2. The molecule has 0 aromatic carbocycles. The maximum Gasteiger partial charge on any atom is 0.314 e. The first-order chi connectivity index (χ1) is 10.7. The van der Waals surface area contributed by atoms with Gasteiger partial charge in [0, 0.05) is 13.1 Å². The molecule has 7 nitrogen and oxygen atoms in total. The van der Waals surface area contributed by atoms with Crippen molar-refractivity contribution < 1.29 is 14.4 Å². The van der Waals surface area contributed by atoms with Gasteiger partial charge in [-0.15, -0.1) is 0 Å². The molecule has 0 rings (SSSR count). The molecule has 7 heteroatoms. The van der Waals surface area contributed by atoms with Crippen molar-refractivity contribution in [1.29, 1.82) is 0 Å². The number of rotatable bonds is 14. The number of urea groups is 1. The number of hydrogen-bond donors (Lipinski definition) is 1. The molecule has 0 aliphatic carbocycles. The number of unbranched alkanes of at least 4 members (excludes halogenated alkanes) is 6. The summed E-state index contributed by atoms with van der Waals surface area (Å²) in [6.07, 6.45) is 10.5. The third-order valence-electron chi connectivity index (χ3n) is 3.34. The molecule has 0 unspecified atom stereocenters. The Hall–Kier alpha value is -1.97. The van der Waals surface area contributed by atoms with Crippen LogP contribution in [0.4, 0.5) is 4.79 Å². The van der Waals surface area contributed by atoms with E-state index >= 15 is 0 Å². The molecule has 124 valence electrons. The fraction of sp³-hybridized carbons (Fsp3) is 0.800. The minimum atomic E-state index is -0.379. The Morgan fingerprint density at radius 2 is 1.18 bits per heavy atom. The van der Waals surface area contributed by atoms with Crippen molar-refractivity contribution in [2.75, 3.05) is 26.2 Å². The molecule has 22 heavy (non-hydrogen) atoms. The average Bonchev–Trinajstić information content (AvgIpc) is 2.50. The Bertz CT molecular complexity index is 358. The largest absolute Gasteiger partial charge is 0.351 e. The van der Waals surface area contributed by atoms with Crippen LogP contribution in [-0.2, 0) is 9.59 Å². The summed E-state index contributed by atoms with van der Waals surface area (Å²) in [7, 11) is 0. The monoisotopic (exact) mass is 310 g/mol. The summed E-state index contributed by atoms with van der Waals surface area (Å²) in [4.78, 5) is 39.8. The third kappa shape index (κ3) is 13.0. The SMILES string of the molecule is NC(=O)N(CCCCCCN=C=O)CCCCCCN=C=O. The summed E-state index contributed by atoms with van der Waals surface area (Å²) in [5, 5.41) is 0. The van der Waals surface area contributed by atoms with Gasteiger partial charge in [-0.05, 0) is 25.7 Å². The van der Waals surface area contributed by atoms with Crippen LogP contribution in [0.3, 0.4) is 0 Å². The first-order valence-corrected chi connectivity index (χ1v) is 7.84. The van der Waals surface area contributed by atoms with Crippen molar-refractivity contribution in [3.05, 3.63) is 0 Å². The number of nitrogens with zero attached hydrogens (tertiary/aromatic N) is 3. The van der Waals surface area contributed by atoms with Crippen LogP contribution in [0.5, 0.6) is 0 Å². The minimum absolute atomic E-state index is 0.379. The molecular formula is C15H26N4O3. The predicted octanol–water partition coefficient (Wildman–Crippen LogP) is 2.16. The Balaban J connectivity index is 3.62. The molecule has 0 aromatic rings. The lowest BCUT2D eigenvalue weighted by molar-refractivity contribution is 0.205. The zero-order chi connectivity index (χ0) is 16.5. The molecule has 0 atom stereocenters. The molecule has 0 bridgehead atoms. The van der Waals surface area contributed by atoms with Gasteiger partial charge in [0.15, 0.2) is 0 Å². The van der Waals surface area contributed by atoms with Crippen molar-refractivity contribution in [1.82, 2.24) is 4.90 Å². The highest BCUT2D eigenvalue weighted by molar-refractivity contribution is 5.71. The van der Waals surface area contributed by atoms with Gasteiger partial charge in [0.2, 0.25) is 12.2 Å². The van der Waals surface area contributed by atoms with Crippen LogP contribution in [0.25, 0.3) is 0 Å². The van der Waals surface area contributed by atoms with Crippen molar-refractivity contribution in [3.8, 4) is 0 Å². The number of aliphatic imine (C=N–C) groups is 2. The van der Waals surface area contributed by atoms with E-state index in [-0.39, 0.29) is 6.03 Å². The predicted molar refractivity (Wildman–Crippen MR) is 84.1 cm³/mol. The first kappa shape index (κ1) is 20.0. The second kappa shape index (κ2) is 15.4. The minimum Gasteiger partial charge on any atom is -0.351 e. The standard InChI is InChI=1S/C15H26N4O3/c16-15(22)19(11-7-3-1-5-9-17-13-20)12-8-4-2-6-10-18-14-21/h1-12H2,(H2,16,22). The van der Waals surface area contributed by atoms with Gasteiger partial charge in [-0.3, -0.25) is 0 Å². The van der Waals surface area contributed by atoms with Gasteiger partial charge < -0.3 is 10.6 Å². The highest BCUT2D eigenvalue weighted by Crippen LogP contribution is 2.05. The second-order valence-electron chi connectivity index (χ2n) is 5.10. The van der Waals surface area contributed by atoms with Crippen LogP contribution in [0.2, 0.25) is 0 Å². The van der Waals surface area contributed by atoms with Crippen molar-refractivity contribution in [3.63, 3.8) is 0 Å². The summed E-state index contributed by atoms with van der Waals surface area (Å²) < 4.78 is 0. The summed E-state index contributed by atoms with van der Waals surface area (Å²) in [5.41, 5.74) is 5.37. The Morgan fingerprint density at radius 1 is 0.773 bits per heavy atom. The molecular weight excluding hydrogens is 284 g/mol. The lowest BCUT2D eigenvalue weighted by Gasteiger charge is -2.20. The molecule has 0 heterocycles. The zero-order valence-electron chi connectivity index (χ0n) is 13.1. The maximum atomic E-state index is 11.3. The van der Waals surface area contributed by atoms with Crippen LogP contribution in [0, 0.1) is 0 Å². The van der Waals surface area contributed by atoms with E-state index in [1.165, 1.54) is 12.2 Å². The average molecular weight is 310 g/mol. The van der Waals surface area contributed by atoms with E-state index < -0.39 is 0 Å². The lowest BCUT2D eigenvalue weighted by atomic mass is 10.1. The molecule has 0 fully saturated rings. The van der Waals surface area contributed by atoms with E-state index in [1.807, 2.05) is 0 Å². The van der Waals surface area contributed by atoms with Gasteiger partial charge in [-0.25, -0.2) is 24.4 Å². The Labute approximate surface area is 131 Å². The van der Waals surface area contributed by atoms with E-state index in [2.05, 4.69) is 9.98 Å². The molecule has 0 spiro atoms. The maximum absolute atomic E-state index is 11.3. The topological polar surface area (TPSA) is 105 Å². The number of primary amides is 1. The Morgan fingerprint density at radius 3 is 1.55 bits per heavy atom. The lowest BCUT2D eigenvalue weighted by Crippen LogP contribution is -2.37. The number of nitrogens with two attached hydrogens (primary N) is 1. The van der Waals surface area contributed by atoms with Gasteiger partial charge in [-0.2, -0.15) is 0 Å². The van der Waals surface area contributed by atoms with Crippen LogP contribution < -0.4 is 5.73 Å². The summed E-state index contributed by atoms with van der Waals surface area (Å²) in [6, 6.07) is -0.379. The van der Waals surface area contributed by atoms with Gasteiger partial charge in [0.25, 0.3) is 0 Å². The van der Waals surface area contributed by atoms with E-state index in [4.69, 9.17) is 5.73 Å². The fourth-order valence-corrected chi connectivity index (χ4v) is 2.12. The van der Waals surface area contributed by atoms with Crippen molar-refractivity contribution in [2.45, 2.75) is 51.4 Å². The molecule has 0 saturated carbocycles. The fourth-order valence-electron chi connectivity index (χ4n) is 2.12. The molecule has 2 amide bonds. The zero-order valence-corrected chi connectivity index (χ0v) is 13.1. The smallest absolute Gasteiger partial charge is 0.314 e.